The van der Waals surface area contributed by atoms with Crippen LogP contribution in [0.5, 0.6) is 5.75 Å². The van der Waals surface area contributed by atoms with Crippen LogP contribution in [-0.4, -0.2) is 39.9 Å². The first kappa shape index (κ1) is 26.7. The summed E-state index contributed by atoms with van der Waals surface area (Å²) in [6, 6.07) is 19.7. The molecule has 40 heavy (non-hydrogen) atoms. The number of hydrogen-bond acceptors (Lipinski definition) is 6. The lowest BCUT2D eigenvalue weighted by atomic mass is 9.85. The largest absolute Gasteiger partial charge is 0.503 e. The predicted octanol–water partition coefficient (Wildman–Crippen LogP) is 6.22. The number of carboxylic acids is 1. The Morgan fingerprint density at radius 1 is 1.00 bits per heavy atom. The van der Waals surface area contributed by atoms with Gasteiger partial charge in [0, 0.05) is 11.9 Å². The third-order valence-electron chi connectivity index (χ3n) is 7.15. The van der Waals surface area contributed by atoms with Crippen molar-refractivity contribution in [3.8, 4) is 5.75 Å². The topological polar surface area (TPSA) is 117 Å². The Morgan fingerprint density at radius 2 is 1.68 bits per heavy atom. The highest BCUT2D eigenvalue weighted by atomic mass is 16.5. The Morgan fingerprint density at radius 3 is 2.27 bits per heavy atom. The number of benzene rings is 3. The second-order valence-corrected chi connectivity index (χ2v) is 10.8. The number of ether oxygens (including phenoxy) is 1. The number of aromatic carboxylic acids is 1. The van der Waals surface area contributed by atoms with E-state index in [1.54, 1.807) is 36.4 Å². The zero-order valence-electron chi connectivity index (χ0n) is 22.6. The summed E-state index contributed by atoms with van der Waals surface area (Å²) in [7, 11) is 1.50. The van der Waals surface area contributed by atoms with Crippen molar-refractivity contribution in [3.05, 3.63) is 112 Å². The number of hydrogen-bond donors (Lipinski definition) is 2. The van der Waals surface area contributed by atoms with Crippen molar-refractivity contribution in [2.75, 3.05) is 7.11 Å². The number of furan rings is 1. The summed E-state index contributed by atoms with van der Waals surface area (Å²) in [5, 5.41) is 21.0. The number of nitrogens with zero attached hydrogens (tertiary/aromatic N) is 1. The quantitative estimate of drug-likeness (QED) is 0.268. The van der Waals surface area contributed by atoms with Crippen molar-refractivity contribution in [1.82, 2.24) is 4.90 Å². The minimum absolute atomic E-state index is 0.0298. The van der Waals surface area contributed by atoms with E-state index in [0.717, 1.165) is 5.56 Å². The zero-order chi connectivity index (χ0) is 28.8. The van der Waals surface area contributed by atoms with Crippen molar-refractivity contribution < 1.29 is 33.8 Å². The summed E-state index contributed by atoms with van der Waals surface area (Å²) in [5.74, 6) is -2.60. The van der Waals surface area contributed by atoms with Gasteiger partial charge in [0.1, 0.15) is 0 Å². The Labute approximate surface area is 231 Å². The number of Topliss-reactive ketones (excluding diaryl/α,β-unsaturated/α-hetero) is 1. The van der Waals surface area contributed by atoms with Gasteiger partial charge in [-0.25, -0.2) is 4.79 Å². The summed E-state index contributed by atoms with van der Waals surface area (Å²) in [6.07, 6.45) is 0. The summed E-state index contributed by atoms with van der Waals surface area (Å²) in [4.78, 5) is 40.0. The number of aliphatic hydroxyl groups excluding tert-OH is 1. The highest BCUT2D eigenvalue weighted by Crippen LogP contribution is 2.41. The minimum atomic E-state index is -1.06. The minimum Gasteiger partial charge on any atom is -0.503 e. The fraction of sp³-hybridized carbons (Fsp3) is 0.219. The first-order valence-corrected chi connectivity index (χ1v) is 12.8. The maximum absolute atomic E-state index is 13.9. The van der Waals surface area contributed by atoms with Crippen molar-refractivity contribution in [2.45, 2.75) is 38.8 Å². The lowest BCUT2D eigenvalue weighted by Crippen LogP contribution is -2.30. The molecule has 3 aromatic carbocycles. The third kappa shape index (κ3) is 4.73. The molecule has 1 unspecified atom stereocenters. The molecule has 1 aliphatic rings. The molecule has 0 saturated carbocycles. The normalized spacial score (nSPS) is 15.7. The van der Waals surface area contributed by atoms with Gasteiger partial charge in [-0.15, -0.1) is 0 Å². The molecule has 4 aromatic rings. The molecule has 204 valence electrons. The van der Waals surface area contributed by atoms with E-state index in [0.29, 0.717) is 27.8 Å². The standard InChI is InChI=1S/C32H29NO7/c1-32(2,3)22-14-12-19(13-15-22)26-25(27(34)24-16-21-6-5-7-23(39-4)29(21)40-24)28(35)30(36)33(26)17-18-8-10-20(11-9-18)31(37)38/h5-16,26,35H,17H2,1-4H3,(H,37,38). The predicted molar refractivity (Wildman–Crippen MR) is 149 cm³/mol. The molecule has 8 nitrogen and oxygen atoms in total. The van der Waals surface area contributed by atoms with Crippen LogP contribution in [0.15, 0.2) is 88.5 Å². The van der Waals surface area contributed by atoms with Gasteiger partial charge < -0.3 is 24.3 Å². The number of ketones is 1. The maximum Gasteiger partial charge on any atom is 0.335 e. The van der Waals surface area contributed by atoms with E-state index < -0.39 is 29.5 Å². The van der Waals surface area contributed by atoms with Gasteiger partial charge in [-0.2, -0.15) is 0 Å². The highest BCUT2D eigenvalue weighted by Gasteiger charge is 2.44. The number of carboxylic acid groups (broad SMARTS) is 1. The highest BCUT2D eigenvalue weighted by molar-refractivity contribution is 6.16. The second-order valence-electron chi connectivity index (χ2n) is 10.8. The zero-order valence-corrected chi connectivity index (χ0v) is 22.6. The van der Waals surface area contributed by atoms with Crippen LogP contribution in [0.25, 0.3) is 11.0 Å². The van der Waals surface area contributed by atoms with Crippen LogP contribution in [0.1, 0.15) is 64.4 Å². The van der Waals surface area contributed by atoms with Gasteiger partial charge in [0.25, 0.3) is 5.91 Å². The monoisotopic (exact) mass is 539 g/mol. The summed E-state index contributed by atoms with van der Waals surface area (Å²) < 4.78 is 11.2. The fourth-order valence-electron chi connectivity index (χ4n) is 4.95. The van der Waals surface area contributed by atoms with Crippen LogP contribution in [-0.2, 0) is 16.8 Å². The molecule has 0 saturated heterocycles. The first-order valence-electron chi connectivity index (χ1n) is 12.8. The lowest BCUT2D eigenvalue weighted by molar-refractivity contribution is -0.130. The number of aliphatic hydroxyl groups is 1. The summed E-state index contributed by atoms with van der Waals surface area (Å²) in [6.45, 7) is 6.30. The Kier molecular flexibility index (Phi) is 6.71. The molecule has 0 radical (unpaired) electrons. The van der Waals surface area contributed by atoms with E-state index in [1.165, 1.54) is 24.1 Å². The van der Waals surface area contributed by atoms with Crippen LogP contribution < -0.4 is 4.74 Å². The van der Waals surface area contributed by atoms with Crippen molar-refractivity contribution in [1.29, 1.82) is 0 Å². The molecule has 0 fully saturated rings. The number of para-hydroxylation sites is 1. The second kappa shape index (κ2) is 10.0. The molecular formula is C32H29NO7. The SMILES string of the molecule is COc1cccc2cc(C(=O)C3=C(O)C(=O)N(Cc4ccc(C(=O)O)cc4)C3c3ccc(C(C)(C)C)cc3)oc12. The van der Waals surface area contributed by atoms with Gasteiger partial charge in [0.05, 0.1) is 24.3 Å². The molecule has 0 aliphatic carbocycles. The van der Waals surface area contributed by atoms with Crippen LogP contribution in [0.3, 0.4) is 0 Å². The molecule has 2 N–H and O–H groups in total. The van der Waals surface area contributed by atoms with E-state index in [2.05, 4.69) is 20.8 Å². The van der Waals surface area contributed by atoms with Crippen LogP contribution in [0.2, 0.25) is 0 Å². The molecule has 5 rings (SSSR count). The Bertz CT molecular complexity index is 1650. The van der Waals surface area contributed by atoms with Gasteiger partial charge >= 0.3 is 5.97 Å². The molecule has 1 atom stereocenters. The molecule has 2 heterocycles. The average Bonchev–Trinajstić information content (AvgIpc) is 3.48. The van der Waals surface area contributed by atoms with Crippen LogP contribution in [0.4, 0.5) is 0 Å². The van der Waals surface area contributed by atoms with E-state index in [1.807, 2.05) is 24.3 Å². The van der Waals surface area contributed by atoms with Gasteiger partial charge in [-0.05, 0) is 46.4 Å². The molecular weight excluding hydrogens is 510 g/mol. The van der Waals surface area contributed by atoms with Gasteiger partial charge in [-0.1, -0.05) is 69.3 Å². The lowest BCUT2D eigenvalue weighted by Gasteiger charge is -2.28. The molecule has 0 spiro atoms. The maximum atomic E-state index is 13.9. The van der Waals surface area contributed by atoms with E-state index in [4.69, 9.17) is 9.15 Å². The van der Waals surface area contributed by atoms with E-state index in [-0.39, 0.29) is 28.9 Å². The molecule has 1 amide bonds. The smallest absolute Gasteiger partial charge is 0.335 e. The van der Waals surface area contributed by atoms with Crippen molar-refractivity contribution in [2.24, 2.45) is 0 Å². The number of carbonyl (C=O) groups excluding carboxylic acids is 2. The van der Waals surface area contributed by atoms with Crippen molar-refractivity contribution >= 4 is 28.6 Å². The summed E-state index contributed by atoms with van der Waals surface area (Å²) >= 11 is 0. The first-order chi connectivity index (χ1) is 19.0. The molecule has 0 bridgehead atoms. The molecule has 8 heteroatoms. The van der Waals surface area contributed by atoms with Crippen LogP contribution >= 0.6 is 0 Å². The number of rotatable bonds is 7. The average molecular weight is 540 g/mol. The molecule has 1 aromatic heterocycles. The summed E-state index contributed by atoms with van der Waals surface area (Å²) in [5.41, 5.74) is 2.66. The number of fused-ring (bicyclic) bond motifs is 1. The Balaban J connectivity index is 1.58. The van der Waals surface area contributed by atoms with Crippen LogP contribution in [0, 0.1) is 0 Å². The third-order valence-corrected chi connectivity index (χ3v) is 7.15. The van der Waals surface area contributed by atoms with E-state index in [9.17, 15) is 24.6 Å². The van der Waals surface area contributed by atoms with Gasteiger partial charge in [0.2, 0.25) is 5.78 Å². The van der Waals surface area contributed by atoms with Crippen molar-refractivity contribution in [3.63, 3.8) is 0 Å². The fourth-order valence-corrected chi connectivity index (χ4v) is 4.95. The number of amides is 1. The number of carbonyl (C=O) groups is 3. The van der Waals surface area contributed by atoms with E-state index >= 15 is 0 Å². The van der Waals surface area contributed by atoms with Gasteiger partial charge in [-0.3, -0.25) is 9.59 Å². The molecule has 1 aliphatic heterocycles. The Hall–Kier alpha value is -4.85. The van der Waals surface area contributed by atoms with Gasteiger partial charge in [0.15, 0.2) is 22.9 Å². The number of methoxy groups -OCH3 is 1.